The third-order valence-electron chi connectivity index (χ3n) is 2.72. The Morgan fingerprint density at radius 2 is 2.00 bits per heavy atom. The molecule has 2 heterocycles. The van der Waals surface area contributed by atoms with Gasteiger partial charge < -0.3 is 10.1 Å². The minimum atomic E-state index is 0.0834. The van der Waals surface area contributed by atoms with Crippen LogP contribution in [0.25, 0.3) is 0 Å². The third-order valence-corrected chi connectivity index (χ3v) is 2.72. The third kappa shape index (κ3) is 3.68. The monoisotopic (exact) mass is 257 g/mol. The van der Waals surface area contributed by atoms with Crippen molar-refractivity contribution in [3.8, 4) is 5.75 Å². The van der Waals surface area contributed by atoms with Crippen LogP contribution in [0.5, 0.6) is 5.75 Å². The number of hydrogen-bond acceptors (Lipinski definition) is 4. The quantitative estimate of drug-likeness (QED) is 0.861. The van der Waals surface area contributed by atoms with Gasteiger partial charge >= 0.3 is 0 Å². The molecule has 0 saturated carbocycles. The molecular weight excluding hydrogens is 238 g/mol. The van der Waals surface area contributed by atoms with E-state index in [1.807, 2.05) is 30.3 Å². The molecule has 0 spiro atoms. The second kappa shape index (κ2) is 6.73. The maximum Gasteiger partial charge on any atom is 0.169 e. The van der Waals surface area contributed by atoms with Crippen molar-refractivity contribution < 1.29 is 4.74 Å². The molecule has 2 aromatic rings. The molecule has 4 heteroatoms. The van der Waals surface area contributed by atoms with E-state index in [4.69, 9.17) is 4.74 Å². The molecule has 19 heavy (non-hydrogen) atoms. The number of aromatic nitrogens is 2. The molecule has 4 nitrogen and oxygen atoms in total. The largest absolute Gasteiger partial charge is 0.490 e. The van der Waals surface area contributed by atoms with Crippen molar-refractivity contribution in [2.75, 3.05) is 11.9 Å². The van der Waals surface area contributed by atoms with Gasteiger partial charge in [0.25, 0.3) is 0 Å². The van der Waals surface area contributed by atoms with E-state index in [0.717, 1.165) is 23.7 Å². The summed E-state index contributed by atoms with van der Waals surface area (Å²) in [6.07, 6.45) is 4.52. The predicted molar refractivity (Wildman–Crippen MR) is 76.3 cm³/mol. The summed E-state index contributed by atoms with van der Waals surface area (Å²) in [6.45, 7) is 4.83. The molecule has 0 aliphatic rings. The van der Waals surface area contributed by atoms with Crippen LogP contribution in [0.1, 0.15) is 32.0 Å². The van der Waals surface area contributed by atoms with Gasteiger partial charge in [0.05, 0.1) is 18.3 Å². The molecule has 1 atom stereocenters. The lowest BCUT2D eigenvalue weighted by atomic mass is 10.2. The van der Waals surface area contributed by atoms with Gasteiger partial charge in [-0.25, -0.2) is 4.98 Å². The number of ether oxygens (including phenoxy) is 1. The SMILES string of the molecule is CCCOc1cccnc1NC(C)c1ccccn1. The average molecular weight is 257 g/mol. The summed E-state index contributed by atoms with van der Waals surface area (Å²) in [5.41, 5.74) is 0.981. The molecule has 1 N–H and O–H groups in total. The summed E-state index contributed by atoms with van der Waals surface area (Å²) < 4.78 is 5.68. The lowest BCUT2D eigenvalue weighted by molar-refractivity contribution is 0.317. The van der Waals surface area contributed by atoms with Gasteiger partial charge in [0.2, 0.25) is 0 Å². The summed E-state index contributed by atoms with van der Waals surface area (Å²) in [7, 11) is 0. The number of anilines is 1. The molecule has 2 aromatic heterocycles. The first-order chi connectivity index (χ1) is 9.31. The van der Waals surface area contributed by atoms with Crippen molar-refractivity contribution in [2.45, 2.75) is 26.3 Å². The Bertz CT molecular complexity index is 502. The zero-order valence-corrected chi connectivity index (χ0v) is 11.3. The van der Waals surface area contributed by atoms with Gasteiger partial charge in [0.15, 0.2) is 11.6 Å². The molecule has 0 saturated heterocycles. The molecule has 0 aliphatic heterocycles. The van der Waals surface area contributed by atoms with Gasteiger partial charge in [0.1, 0.15) is 0 Å². The van der Waals surface area contributed by atoms with E-state index in [1.165, 1.54) is 0 Å². The van der Waals surface area contributed by atoms with Crippen molar-refractivity contribution in [2.24, 2.45) is 0 Å². The van der Waals surface area contributed by atoms with E-state index >= 15 is 0 Å². The highest BCUT2D eigenvalue weighted by Crippen LogP contribution is 2.25. The normalized spacial score (nSPS) is 11.9. The number of nitrogens with zero attached hydrogens (tertiary/aromatic N) is 2. The van der Waals surface area contributed by atoms with Crippen LogP contribution in [0.2, 0.25) is 0 Å². The predicted octanol–water partition coefficient (Wildman–Crippen LogP) is 3.44. The van der Waals surface area contributed by atoms with Crippen LogP contribution < -0.4 is 10.1 Å². The van der Waals surface area contributed by atoms with Crippen molar-refractivity contribution >= 4 is 5.82 Å². The molecule has 0 radical (unpaired) electrons. The highest BCUT2D eigenvalue weighted by Gasteiger charge is 2.10. The molecule has 0 amide bonds. The lowest BCUT2D eigenvalue weighted by Crippen LogP contribution is -2.11. The Labute approximate surface area is 113 Å². The Morgan fingerprint density at radius 3 is 2.74 bits per heavy atom. The number of rotatable bonds is 6. The van der Waals surface area contributed by atoms with Gasteiger partial charge in [-0.15, -0.1) is 0 Å². The summed E-state index contributed by atoms with van der Waals surface area (Å²) >= 11 is 0. The van der Waals surface area contributed by atoms with E-state index in [2.05, 4.69) is 29.1 Å². The fraction of sp³-hybridized carbons (Fsp3) is 0.333. The summed E-state index contributed by atoms with van der Waals surface area (Å²) in [5, 5.41) is 3.34. The second-order valence-electron chi connectivity index (χ2n) is 4.32. The van der Waals surface area contributed by atoms with Crippen LogP contribution in [0, 0.1) is 0 Å². The van der Waals surface area contributed by atoms with E-state index in [0.29, 0.717) is 6.61 Å². The molecule has 0 bridgehead atoms. The molecule has 100 valence electrons. The van der Waals surface area contributed by atoms with E-state index in [9.17, 15) is 0 Å². The number of pyridine rings is 2. The Balaban J connectivity index is 2.10. The van der Waals surface area contributed by atoms with Gasteiger partial charge in [0, 0.05) is 12.4 Å². The van der Waals surface area contributed by atoms with Crippen LogP contribution in [-0.4, -0.2) is 16.6 Å². The van der Waals surface area contributed by atoms with E-state index < -0.39 is 0 Å². The first-order valence-corrected chi connectivity index (χ1v) is 6.56. The zero-order valence-electron chi connectivity index (χ0n) is 11.3. The van der Waals surface area contributed by atoms with Crippen molar-refractivity contribution in [1.29, 1.82) is 0 Å². The van der Waals surface area contributed by atoms with Crippen LogP contribution >= 0.6 is 0 Å². The Kier molecular flexibility index (Phi) is 4.72. The van der Waals surface area contributed by atoms with Gasteiger partial charge in [-0.3, -0.25) is 4.98 Å². The van der Waals surface area contributed by atoms with E-state index in [-0.39, 0.29) is 6.04 Å². The number of nitrogens with one attached hydrogen (secondary N) is 1. The smallest absolute Gasteiger partial charge is 0.169 e. The summed E-state index contributed by atoms with van der Waals surface area (Å²) in [6, 6.07) is 9.77. The fourth-order valence-corrected chi connectivity index (χ4v) is 1.74. The lowest BCUT2D eigenvalue weighted by Gasteiger charge is -2.16. The highest BCUT2D eigenvalue weighted by atomic mass is 16.5. The highest BCUT2D eigenvalue weighted by molar-refractivity contribution is 5.50. The second-order valence-corrected chi connectivity index (χ2v) is 4.32. The van der Waals surface area contributed by atoms with Crippen LogP contribution in [-0.2, 0) is 0 Å². The van der Waals surface area contributed by atoms with Crippen LogP contribution in [0.4, 0.5) is 5.82 Å². The van der Waals surface area contributed by atoms with Crippen molar-refractivity contribution in [1.82, 2.24) is 9.97 Å². The first-order valence-electron chi connectivity index (χ1n) is 6.56. The average Bonchev–Trinajstić information content (AvgIpc) is 2.47. The molecule has 0 aromatic carbocycles. The topological polar surface area (TPSA) is 47.0 Å². The van der Waals surface area contributed by atoms with Crippen molar-refractivity contribution in [3.05, 3.63) is 48.4 Å². The van der Waals surface area contributed by atoms with Gasteiger partial charge in [-0.2, -0.15) is 0 Å². The Hall–Kier alpha value is -2.10. The van der Waals surface area contributed by atoms with Gasteiger partial charge in [-0.05, 0) is 37.6 Å². The van der Waals surface area contributed by atoms with Gasteiger partial charge in [-0.1, -0.05) is 13.0 Å². The minimum absolute atomic E-state index is 0.0834. The first kappa shape index (κ1) is 13.3. The molecular formula is C15H19N3O. The fourth-order valence-electron chi connectivity index (χ4n) is 1.74. The molecule has 0 fully saturated rings. The molecule has 2 rings (SSSR count). The van der Waals surface area contributed by atoms with Crippen molar-refractivity contribution in [3.63, 3.8) is 0 Å². The standard InChI is InChI=1S/C15H19N3O/c1-3-11-19-14-8-6-10-17-15(14)18-12(2)13-7-4-5-9-16-13/h4-10,12H,3,11H2,1-2H3,(H,17,18). The Morgan fingerprint density at radius 1 is 1.16 bits per heavy atom. The summed E-state index contributed by atoms with van der Waals surface area (Å²) in [4.78, 5) is 8.67. The maximum absolute atomic E-state index is 5.68. The zero-order chi connectivity index (χ0) is 13.5. The van der Waals surface area contributed by atoms with Crippen LogP contribution in [0.3, 0.4) is 0 Å². The molecule has 0 aliphatic carbocycles. The van der Waals surface area contributed by atoms with Crippen LogP contribution in [0.15, 0.2) is 42.7 Å². The maximum atomic E-state index is 5.68. The van der Waals surface area contributed by atoms with E-state index in [1.54, 1.807) is 12.4 Å². The molecule has 1 unspecified atom stereocenters. The number of hydrogen-bond donors (Lipinski definition) is 1. The summed E-state index contributed by atoms with van der Waals surface area (Å²) in [5.74, 6) is 1.54. The minimum Gasteiger partial charge on any atom is -0.490 e.